The predicted molar refractivity (Wildman–Crippen MR) is 98.9 cm³/mol. The Morgan fingerprint density at radius 3 is 2.88 bits per heavy atom. The first-order valence-electron chi connectivity index (χ1n) is 7.46. The molecule has 1 unspecified atom stereocenters. The van der Waals surface area contributed by atoms with Gasteiger partial charge in [-0.3, -0.25) is 9.78 Å². The molecular weight excluding hydrogens is 322 g/mol. The third-order valence-electron chi connectivity index (χ3n) is 3.46. The van der Waals surface area contributed by atoms with E-state index in [9.17, 15) is 4.79 Å². The Bertz CT molecular complexity index is 783. The Labute approximate surface area is 146 Å². The molecule has 0 aliphatic rings. The number of hydrogen-bond donors (Lipinski definition) is 2. The summed E-state index contributed by atoms with van der Waals surface area (Å²) in [5.74, 6) is 2.93. The van der Waals surface area contributed by atoms with Crippen LogP contribution in [0.15, 0.2) is 30.5 Å². The van der Waals surface area contributed by atoms with Crippen molar-refractivity contribution >= 4 is 28.6 Å². The fourth-order valence-electron chi connectivity index (χ4n) is 2.04. The molecule has 126 valence electrons. The lowest BCUT2D eigenvalue weighted by Gasteiger charge is -2.27. The van der Waals surface area contributed by atoms with E-state index in [0.29, 0.717) is 17.9 Å². The number of nitrogens with one attached hydrogen (secondary N) is 1. The summed E-state index contributed by atoms with van der Waals surface area (Å²) >= 11 is 1.31. The van der Waals surface area contributed by atoms with Gasteiger partial charge >= 0.3 is 0 Å². The molecule has 1 aromatic carbocycles. The molecule has 1 heterocycles. The van der Waals surface area contributed by atoms with Crippen LogP contribution >= 0.6 is 11.8 Å². The Morgan fingerprint density at radius 1 is 1.50 bits per heavy atom. The van der Waals surface area contributed by atoms with Gasteiger partial charge in [0.15, 0.2) is 0 Å². The van der Waals surface area contributed by atoms with Crippen LogP contribution in [0.5, 0.6) is 5.75 Å². The van der Waals surface area contributed by atoms with Gasteiger partial charge in [0.05, 0.1) is 5.52 Å². The number of ether oxygens (including phenoxy) is 1. The van der Waals surface area contributed by atoms with Gasteiger partial charge in [-0.05, 0) is 44.4 Å². The lowest BCUT2D eigenvalue weighted by atomic mass is 10.1. The smallest absolute Gasteiger partial charge is 0.272 e. The highest BCUT2D eigenvalue weighted by Crippen LogP contribution is 2.23. The number of nitrogens with zero attached hydrogens (tertiary/aromatic N) is 1. The third kappa shape index (κ3) is 4.40. The average Bonchev–Trinajstić information content (AvgIpc) is 2.58. The molecule has 0 fully saturated rings. The molecule has 1 atom stereocenters. The van der Waals surface area contributed by atoms with Gasteiger partial charge in [0, 0.05) is 29.2 Å². The van der Waals surface area contributed by atoms with Crippen LogP contribution in [-0.4, -0.2) is 34.7 Å². The van der Waals surface area contributed by atoms with E-state index < -0.39 is 11.0 Å². The number of hydrogen-bond acceptors (Lipinski definition) is 5. The number of terminal acetylenes is 1. The second kappa shape index (κ2) is 7.56. The molecule has 0 saturated heterocycles. The van der Waals surface area contributed by atoms with Crippen LogP contribution in [0, 0.1) is 12.3 Å². The average molecular weight is 343 g/mol. The standard InChI is InChI=1S/C18H21N3O2S/c1-5-12-8-13-9-14(6-7-15(13)20-10-12)23-17(24-4)16(22)21-18(2,3)11-19/h1,6-10,17H,11,19H2,2-4H3,(H,21,22). The first-order chi connectivity index (χ1) is 11.4. The number of carbonyl (C=O) groups excluding carboxylic acids is 1. The van der Waals surface area contributed by atoms with Gasteiger partial charge < -0.3 is 15.8 Å². The fraction of sp³-hybridized carbons (Fsp3) is 0.333. The highest BCUT2D eigenvalue weighted by Gasteiger charge is 2.25. The van der Waals surface area contributed by atoms with Crippen molar-refractivity contribution in [2.45, 2.75) is 24.8 Å². The number of amides is 1. The van der Waals surface area contributed by atoms with Crippen LogP contribution in [0.4, 0.5) is 0 Å². The second-order valence-corrected chi connectivity index (χ2v) is 6.89. The molecule has 0 aliphatic heterocycles. The van der Waals surface area contributed by atoms with Crippen molar-refractivity contribution in [2.24, 2.45) is 5.73 Å². The van der Waals surface area contributed by atoms with Crippen molar-refractivity contribution < 1.29 is 9.53 Å². The SMILES string of the molecule is C#Cc1cnc2ccc(OC(SC)C(=O)NC(C)(C)CN)cc2c1. The van der Waals surface area contributed by atoms with Crippen LogP contribution in [0.3, 0.4) is 0 Å². The molecule has 1 aromatic heterocycles. The summed E-state index contributed by atoms with van der Waals surface area (Å²) in [6.45, 7) is 4.08. The van der Waals surface area contributed by atoms with Gasteiger partial charge in [0.2, 0.25) is 5.44 Å². The first kappa shape index (κ1) is 18.1. The monoisotopic (exact) mass is 343 g/mol. The third-order valence-corrected chi connectivity index (χ3v) is 4.20. The molecule has 2 aromatic rings. The number of rotatable bonds is 6. The van der Waals surface area contributed by atoms with Gasteiger partial charge in [0.25, 0.3) is 5.91 Å². The summed E-state index contributed by atoms with van der Waals surface area (Å²) in [5, 5.41) is 3.75. The topological polar surface area (TPSA) is 77.2 Å². The van der Waals surface area contributed by atoms with Crippen molar-refractivity contribution in [2.75, 3.05) is 12.8 Å². The summed E-state index contributed by atoms with van der Waals surface area (Å²) in [4.78, 5) is 16.7. The Hall–Kier alpha value is -2.23. The summed E-state index contributed by atoms with van der Waals surface area (Å²) in [7, 11) is 0. The molecule has 0 bridgehead atoms. The molecule has 6 heteroatoms. The molecule has 1 amide bonds. The zero-order valence-electron chi connectivity index (χ0n) is 14.0. The normalized spacial score (nSPS) is 12.5. The Kier molecular flexibility index (Phi) is 5.71. The largest absolute Gasteiger partial charge is 0.470 e. The zero-order chi connectivity index (χ0) is 17.7. The summed E-state index contributed by atoms with van der Waals surface area (Å²) in [5.41, 5.74) is 6.01. The van der Waals surface area contributed by atoms with Gasteiger partial charge in [0.1, 0.15) is 5.75 Å². The highest BCUT2D eigenvalue weighted by molar-refractivity contribution is 7.99. The van der Waals surface area contributed by atoms with Crippen LogP contribution in [-0.2, 0) is 4.79 Å². The number of carbonyl (C=O) groups is 1. The van der Waals surface area contributed by atoms with Gasteiger partial charge in [-0.1, -0.05) is 5.92 Å². The number of pyridine rings is 1. The molecule has 0 spiro atoms. The van der Waals surface area contributed by atoms with E-state index in [1.807, 2.05) is 38.3 Å². The minimum atomic E-state index is -0.669. The van der Waals surface area contributed by atoms with Gasteiger partial charge in [-0.15, -0.1) is 18.2 Å². The molecule has 0 radical (unpaired) electrons. The molecular formula is C18H21N3O2S. The van der Waals surface area contributed by atoms with E-state index in [4.69, 9.17) is 16.9 Å². The lowest BCUT2D eigenvalue weighted by Crippen LogP contribution is -2.52. The van der Waals surface area contributed by atoms with Crippen molar-refractivity contribution in [3.63, 3.8) is 0 Å². The summed E-state index contributed by atoms with van der Waals surface area (Å²) in [6, 6.07) is 7.31. The predicted octanol–water partition coefficient (Wildman–Crippen LogP) is 2.14. The number of nitrogens with two attached hydrogens (primary N) is 1. The van der Waals surface area contributed by atoms with E-state index in [0.717, 1.165) is 10.9 Å². The van der Waals surface area contributed by atoms with Crippen molar-refractivity contribution in [1.82, 2.24) is 10.3 Å². The minimum absolute atomic E-state index is 0.214. The van der Waals surface area contributed by atoms with E-state index in [2.05, 4.69) is 16.2 Å². The van der Waals surface area contributed by atoms with Crippen LogP contribution in [0.1, 0.15) is 19.4 Å². The first-order valence-corrected chi connectivity index (χ1v) is 8.75. The van der Waals surface area contributed by atoms with Crippen molar-refractivity contribution in [3.8, 4) is 18.1 Å². The van der Waals surface area contributed by atoms with Crippen LogP contribution < -0.4 is 15.8 Å². The number of benzene rings is 1. The Morgan fingerprint density at radius 2 is 2.25 bits per heavy atom. The molecule has 0 aliphatic carbocycles. The summed E-state index contributed by atoms with van der Waals surface area (Å²) in [6.07, 6.45) is 8.87. The van der Waals surface area contributed by atoms with Crippen LogP contribution in [0.25, 0.3) is 10.9 Å². The van der Waals surface area contributed by atoms with Gasteiger partial charge in [-0.25, -0.2) is 0 Å². The van der Waals surface area contributed by atoms with E-state index in [1.54, 1.807) is 12.3 Å². The molecule has 24 heavy (non-hydrogen) atoms. The minimum Gasteiger partial charge on any atom is -0.470 e. The van der Waals surface area contributed by atoms with E-state index >= 15 is 0 Å². The molecule has 3 N–H and O–H groups in total. The lowest BCUT2D eigenvalue weighted by molar-refractivity contribution is -0.126. The second-order valence-electron chi connectivity index (χ2n) is 5.99. The van der Waals surface area contributed by atoms with Crippen molar-refractivity contribution in [1.29, 1.82) is 0 Å². The van der Waals surface area contributed by atoms with Crippen molar-refractivity contribution in [3.05, 3.63) is 36.0 Å². The van der Waals surface area contributed by atoms with E-state index in [-0.39, 0.29) is 5.91 Å². The maximum absolute atomic E-state index is 12.4. The molecule has 0 saturated carbocycles. The molecule has 2 rings (SSSR count). The summed E-state index contributed by atoms with van der Waals surface area (Å²) < 4.78 is 5.83. The quantitative estimate of drug-likeness (QED) is 0.621. The number of thioether (sulfide) groups is 1. The Balaban J connectivity index is 2.20. The fourth-order valence-corrected chi connectivity index (χ4v) is 2.52. The van der Waals surface area contributed by atoms with Crippen LogP contribution in [0.2, 0.25) is 0 Å². The highest BCUT2D eigenvalue weighted by atomic mass is 32.2. The van der Waals surface area contributed by atoms with Gasteiger partial charge in [-0.2, -0.15) is 0 Å². The maximum Gasteiger partial charge on any atom is 0.272 e. The molecule has 5 nitrogen and oxygen atoms in total. The number of aromatic nitrogens is 1. The number of fused-ring (bicyclic) bond motifs is 1. The zero-order valence-corrected chi connectivity index (χ0v) is 14.8. The van der Waals surface area contributed by atoms with E-state index in [1.165, 1.54) is 11.8 Å². The maximum atomic E-state index is 12.4.